The second-order valence-corrected chi connectivity index (χ2v) is 10.3. The Bertz CT molecular complexity index is 1480. The average Bonchev–Trinajstić information content (AvgIpc) is 3.03. The number of nitrogens with zero attached hydrogens (tertiary/aromatic N) is 2. The van der Waals surface area contributed by atoms with Crippen LogP contribution in [0.5, 0.6) is 5.75 Å². The van der Waals surface area contributed by atoms with Gasteiger partial charge in [-0.1, -0.05) is 84.9 Å². The van der Waals surface area contributed by atoms with Gasteiger partial charge >= 0.3 is 0 Å². The van der Waals surface area contributed by atoms with Gasteiger partial charge in [0, 0.05) is 26.2 Å². The van der Waals surface area contributed by atoms with Crippen molar-refractivity contribution in [2.45, 2.75) is 13.0 Å². The maximum absolute atomic E-state index is 13.7. The number of nitrogens with one attached hydrogen (secondary N) is 2. The lowest BCUT2D eigenvalue weighted by atomic mass is 9.96. The molecule has 1 aliphatic rings. The standard InChI is InChI=1S/C34H34N4O3S/c1-2-41-30-20-12-10-18-28(30)32(39)36-34(42)35-29-19-11-9-17-27(29)33(40)38-23-21-37(22-24-38)31(25-13-5-3-6-14-25)26-15-7-4-8-16-26/h3-20,31H,2,21-24H2,1H3,(H2,35,36,39,42). The summed E-state index contributed by atoms with van der Waals surface area (Å²) in [5.41, 5.74) is 3.89. The summed E-state index contributed by atoms with van der Waals surface area (Å²) in [6.45, 7) is 4.97. The summed E-state index contributed by atoms with van der Waals surface area (Å²) >= 11 is 5.44. The zero-order chi connectivity index (χ0) is 29.3. The molecule has 0 radical (unpaired) electrons. The molecule has 1 aliphatic heterocycles. The quantitative estimate of drug-likeness (QED) is 0.259. The van der Waals surface area contributed by atoms with Crippen LogP contribution in [0.3, 0.4) is 0 Å². The van der Waals surface area contributed by atoms with Crippen LogP contribution >= 0.6 is 12.2 Å². The zero-order valence-electron chi connectivity index (χ0n) is 23.5. The summed E-state index contributed by atoms with van der Waals surface area (Å²) in [5, 5.41) is 5.86. The van der Waals surface area contributed by atoms with Crippen LogP contribution in [0.1, 0.15) is 44.8 Å². The Morgan fingerprint density at radius 2 is 1.31 bits per heavy atom. The smallest absolute Gasteiger partial charge is 0.261 e. The van der Waals surface area contributed by atoms with Crippen molar-refractivity contribution in [2.75, 3.05) is 38.1 Å². The number of thiocarbonyl (C=S) groups is 1. The largest absolute Gasteiger partial charge is 0.493 e. The molecule has 214 valence electrons. The summed E-state index contributed by atoms with van der Waals surface area (Å²) in [7, 11) is 0. The van der Waals surface area contributed by atoms with Crippen molar-refractivity contribution in [3.63, 3.8) is 0 Å². The van der Waals surface area contributed by atoms with Crippen molar-refractivity contribution in [1.82, 2.24) is 15.1 Å². The van der Waals surface area contributed by atoms with E-state index in [2.05, 4.69) is 64.1 Å². The molecule has 1 saturated heterocycles. The minimum Gasteiger partial charge on any atom is -0.493 e. The molecule has 8 heteroatoms. The predicted molar refractivity (Wildman–Crippen MR) is 170 cm³/mol. The Hall–Kier alpha value is -4.53. The molecule has 2 amide bonds. The number of anilines is 1. The molecule has 2 N–H and O–H groups in total. The van der Waals surface area contributed by atoms with E-state index in [9.17, 15) is 9.59 Å². The summed E-state index contributed by atoms with van der Waals surface area (Å²) < 4.78 is 5.57. The first-order chi connectivity index (χ1) is 20.5. The molecular weight excluding hydrogens is 544 g/mol. The van der Waals surface area contributed by atoms with E-state index in [1.165, 1.54) is 11.1 Å². The van der Waals surface area contributed by atoms with Crippen molar-refractivity contribution >= 4 is 34.8 Å². The Labute approximate surface area is 252 Å². The Morgan fingerprint density at radius 1 is 0.762 bits per heavy atom. The average molecular weight is 579 g/mol. The highest BCUT2D eigenvalue weighted by molar-refractivity contribution is 7.80. The number of rotatable bonds is 8. The van der Waals surface area contributed by atoms with E-state index in [1.807, 2.05) is 42.2 Å². The lowest BCUT2D eigenvalue weighted by Crippen LogP contribution is -2.50. The van der Waals surface area contributed by atoms with Crippen molar-refractivity contribution in [2.24, 2.45) is 0 Å². The number of hydrogen-bond donors (Lipinski definition) is 2. The molecule has 0 aromatic heterocycles. The van der Waals surface area contributed by atoms with Crippen LogP contribution in [-0.4, -0.2) is 59.5 Å². The van der Waals surface area contributed by atoms with E-state index < -0.39 is 0 Å². The van der Waals surface area contributed by atoms with Crippen molar-refractivity contribution in [1.29, 1.82) is 0 Å². The fourth-order valence-electron chi connectivity index (χ4n) is 5.28. The summed E-state index contributed by atoms with van der Waals surface area (Å²) in [6.07, 6.45) is 0. The van der Waals surface area contributed by atoms with Gasteiger partial charge in [-0.25, -0.2) is 0 Å². The minimum atomic E-state index is -0.386. The summed E-state index contributed by atoms with van der Waals surface area (Å²) in [4.78, 5) is 30.9. The fourth-order valence-corrected chi connectivity index (χ4v) is 5.48. The molecule has 0 spiro atoms. The zero-order valence-corrected chi connectivity index (χ0v) is 24.3. The predicted octanol–water partition coefficient (Wildman–Crippen LogP) is 5.76. The maximum atomic E-state index is 13.7. The van der Waals surface area contributed by atoms with E-state index >= 15 is 0 Å². The second kappa shape index (κ2) is 13.9. The second-order valence-electron chi connectivity index (χ2n) is 9.94. The van der Waals surface area contributed by atoms with Gasteiger partial charge in [0.05, 0.1) is 29.5 Å². The van der Waals surface area contributed by atoms with Crippen LogP contribution in [0.25, 0.3) is 0 Å². The Balaban J connectivity index is 1.25. The first kappa shape index (κ1) is 29.0. The number of ether oxygens (including phenoxy) is 1. The molecular formula is C34H34N4O3S. The Morgan fingerprint density at radius 3 is 1.93 bits per heavy atom. The van der Waals surface area contributed by atoms with Crippen molar-refractivity contribution < 1.29 is 14.3 Å². The third-order valence-corrected chi connectivity index (χ3v) is 7.47. The molecule has 0 unspecified atom stereocenters. The number of amides is 2. The van der Waals surface area contributed by atoms with E-state index in [0.717, 1.165) is 13.1 Å². The number of para-hydroxylation sites is 2. The topological polar surface area (TPSA) is 73.9 Å². The first-order valence-electron chi connectivity index (χ1n) is 14.1. The number of carbonyl (C=O) groups excluding carboxylic acids is 2. The molecule has 0 aliphatic carbocycles. The van der Waals surface area contributed by atoms with E-state index in [0.29, 0.717) is 42.3 Å². The van der Waals surface area contributed by atoms with Gasteiger partial charge in [-0.2, -0.15) is 0 Å². The van der Waals surface area contributed by atoms with Gasteiger partial charge in [-0.05, 0) is 54.5 Å². The van der Waals surface area contributed by atoms with Gasteiger partial charge in [0.1, 0.15) is 5.75 Å². The van der Waals surface area contributed by atoms with Gasteiger partial charge in [-0.3, -0.25) is 19.8 Å². The van der Waals surface area contributed by atoms with Crippen LogP contribution in [0.15, 0.2) is 109 Å². The summed E-state index contributed by atoms with van der Waals surface area (Å²) in [6, 6.07) is 35.3. The molecule has 0 atom stereocenters. The molecule has 4 aromatic carbocycles. The molecule has 0 bridgehead atoms. The van der Waals surface area contributed by atoms with Crippen LogP contribution in [0.4, 0.5) is 5.69 Å². The third kappa shape index (κ3) is 6.84. The molecule has 1 heterocycles. The monoisotopic (exact) mass is 578 g/mol. The van der Waals surface area contributed by atoms with Crippen LogP contribution in [0, 0.1) is 0 Å². The van der Waals surface area contributed by atoms with Gasteiger partial charge < -0.3 is 15.0 Å². The molecule has 1 fully saturated rings. The van der Waals surface area contributed by atoms with Crippen molar-refractivity contribution in [3.8, 4) is 5.75 Å². The lowest BCUT2D eigenvalue weighted by Gasteiger charge is -2.40. The molecule has 7 nitrogen and oxygen atoms in total. The third-order valence-electron chi connectivity index (χ3n) is 7.26. The molecule has 0 saturated carbocycles. The number of benzene rings is 4. The minimum absolute atomic E-state index is 0.0791. The Kier molecular flexibility index (Phi) is 9.59. The normalized spacial score (nSPS) is 13.4. The highest BCUT2D eigenvalue weighted by atomic mass is 32.1. The van der Waals surface area contributed by atoms with Crippen LogP contribution in [0.2, 0.25) is 0 Å². The van der Waals surface area contributed by atoms with E-state index in [4.69, 9.17) is 17.0 Å². The van der Waals surface area contributed by atoms with E-state index in [1.54, 1.807) is 30.3 Å². The molecule has 4 aromatic rings. The van der Waals surface area contributed by atoms with Gasteiger partial charge in [0.15, 0.2) is 5.11 Å². The number of piperazine rings is 1. The lowest BCUT2D eigenvalue weighted by molar-refractivity contribution is 0.0598. The summed E-state index contributed by atoms with van der Waals surface area (Å²) in [5.74, 6) is 0.0178. The van der Waals surface area contributed by atoms with Crippen LogP contribution in [-0.2, 0) is 0 Å². The molecule has 5 rings (SSSR count). The maximum Gasteiger partial charge on any atom is 0.261 e. The number of carbonyl (C=O) groups is 2. The number of hydrogen-bond acceptors (Lipinski definition) is 5. The van der Waals surface area contributed by atoms with Crippen molar-refractivity contribution in [3.05, 3.63) is 131 Å². The SMILES string of the molecule is CCOc1ccccc1C(=O)NC(=S)Nc1ccccc1C(=O)N1CCN(C(c2ccccc2)c2ccccc2)CC1. The van der Waals surface area contributed by atoms with Gasteiger partial charge in [0.2, 0.25) is 0 Å². The van der Waals surface area contributed by atoms with Gasteiger partial charge in [0.25, 0.3) is 11.8 Å². The first-order valence-corrected chi connectivity index (χ1v) is 14.5. The fraction of sp³-hybridized carbons (Fsp3) is 0.206. The van der Waals surface area contributed by atoms with Gasteiger partial charge in [-0.15, -0.1) is 0 Å². The highest BCUT2D eigenvalue weighted by Gasteiger charge is 2.29. The molecule has 42 heavy (non-hydrogen) atoms. The van der Waals surface area contributed by atoms with E-state index in [-0.39, 0.29) is 23.0 Å². The van der Waals surface area contributed by atoms with Crippen LogP contribution < -0.4 is 15.4 Å². The highest BCUT2D eigenvalue weighted by Crippen LogP contribution is 2.30.